The number of anilines is 2. The van der Waals surface area contributed by atoms with Crippen molar-refractivity contribution in [2.45, 2.75) is 17.7 Å². The van der Waals surface area contributed by atoms with Gasteiger partial charge in [-0.05, 0) is 62.3 Å². The van der Waals surface area contributed by atoms with Crippen LogP contribution in [0.25, 0.3) is 0 Å². The SMILES string of the molecule is COc1ccc(NC(=O)CN2CCC(C(=O)Nc3ccc(S(N)(=O)=O)cc3)CC2)cc1OC. The summed E-state index contributed by atoms with van der Waals surface area (Å²) in [5.74, 6) is 0.638. The summed E-state index contributed by atoms with van der Waals surface area (Å²) in [6.45, 7) is 1.45. The van der Waals surface area contributed by atoms with E-state index in [4.69, 9.17) is 14.6 Å². The van der Waals surface area contributed by atoms with E-state index in [0.29, 0.717) is 48.8 Å². The second-order valence-corrected chi connectivity index (χ2v) is 9.29. The minimum absolute atomic E-state index is 0.0137. The van der Waals surface area contributed by atoms with Crippen LogP contribution in [0.1, 0.15) is 12.8 Å². The molecule has 0 saturated carbocycles. The number of rotatable bonds is 8. The van der Waals surface area contributed by atoms with Gasteiger partial charge >= 0.3 is 0 Å². The summed E-state index contributed by atoms with van der Waals surface area (Å²) in [7, 11) is -0.697. The molecule has 2 amide bonds. The monoisotopic (exact) mass is 476 g/mol. The number of likely N-dealkylation sites (tertiary alicyclic amines) is 1. The van der Waals surface area contributed by atoms with Gasteiger partial charge in [0, 0.05) is 23.4 Å². The average Bonchev–Trinajstić information content (AvgIpc) is 2.79. The second-order valence-electron chi connectivity index (χ2n) is 7.73. The highest BCUT2D eigenvalue weighted by atomic mass is 32.2. The molecule has 1 fully saturated rings. The lowest BCUT2D eigenvalue weighted by molar-refractivity contribution is -0.121. The summed E-state index contributed by atoms with van der Waals surface area (Å²) >= 11 is 0. The van der Waals surface area contributed by atoms with Gasteiger partial charge in [0.2, 0.25) is 21.8 Å². The number of amides is 2. The number of hydrogen-bond donors (Lipinski definition) is 3. The number of hydrogen-bond acceptors (Lipinski definition) is 7. The molecule has 0 aromatic heterocycles. The fourth-order valence-corrected chi connectivity index (χ4v) is 4.16. The first kappa shape index (κ1) is 24.5. The van der Waals surface area contributed by atoms with E-state index in [1.165, 1.54) is 31.4 Å². The van der Waals surface area contributed by atoms with E-state index in [1.807, 2.05) is 4.90 Å². The first-order valence-corrected chi connectivity index (χ1v) is 11.9. The molecular formula is C22H28N4O6S. The molecule has 2 aromatic carbocycles. The van der Waals surface area contributed by atoms with E-state index in [9.17, 15) is 18.0 Å². The lowest BCUT2D eigenvalue weighted by Gasteiger charge is -2.30. The molecule has 0 unspecified atom stereocenters. The largest absolute Gasteiger partial charge is 0.493 e. The Bertz CT molecular complexity index is 1100. The summed E-state index contributed by atoms with van der Waals surface area (Å²) < 4.78 is 33.1. The quantitative estimate of drug-likeness (QED) is 0.526. The van der Waals surface area contributed by atoms with Crippen molar-refractivity contribution >= 4 is 33.2 Å². The average molecular weight is 477 g/mol. The lowest BCUT2D eigenvalue weighted by atomic mass is 9.96. The third-order valence-corrected chi connectivity index (χ3v) is 6.37. The molecule has 2 aromatic rings. The number of nitrogens with zero attached hydrogens (tertiary/aromatic N) is 1. The Labute approximate surface area is 193 Å². The van der Waals surface area contributed by atoms with Crippen LogP contribution >= 0.6 is 0 Å². The summed E-state index contributed by atoms with van der Waals surface area (Å²) in [5.41, 5.74) is 1.12. The van der Waals surface area contributed by atoms with Crippen molar-refractivity contribution in [3.05, 3.63) is 42.5 Å². The standard InChI is InChI=1S/C22H28N4O6S/c1-31-19-8-5-17(13-20(19)32-2)24-21(27)14-26-11-9-15(10-12-26)22(28)25-16-3-6-18(7-4-16)33(23,29)30/h3-8,13,15H,9-12,14H2,1-2H3,(H,24,27)(H,25,28)(H2,23,29,30). The predicted molar refractivity (Wildman–Crippen MR) is 124 cm³/mol. The number of carbonyl (C=O) groups excluding carboxylic acids is 2. The van der Waals surface area contributed by atoms with Gasteiger partial charge in [-0.3, -0.25) is 14.5 Å². The predicted octanol–water partition coefficient (Wildman–Crippen LogP) is 1.64. The molecule has 0 spiro atoms. The molecule has 178 valence electrons. The number of ether oxygens (including phenoxy) is 2. The fraction of sp³-hybridized carbons (Fsp3) is 0.364. The topological polar surface area (TPSA) is 140 Å². The van der Waals surface area contributed by atoms with Crippen LogP contribution in [0.3, 0.4) is 0 Å². The second kappa shape index (κ2) is 10.6. The van der Waals surface area contributed by atoms with Gasteiger partial charge in [0.05, 0.1) is 25.7 Å². The van der Waals surface area contributed by atoms with Gasteiger partial charge in [-0.15, -0.1) is 0 Å². The molecule has 4 N–H and O–H groups in total. The van der Waals surface area contributed by atoms with E-state index in [2.05, 4.69) is 10.6 Å². The Kier molecular flexibility index (Phi) is 7.90. The van der Waals surface area contributed by atoms with E-state index in [0.717, 1.165) is 0 Å². The summed E-state index contributed by atoms with van der Waals surface area (Å²) in [4.78, 5) is 27.0. The molecule has 0 atom stereocenters. The van der Waals surface area contributed by atoms with Crippen LogP contribution in [0, 0.1) is 5.92 Å². The van der Waals surface area contributed by atoms with Crippen molar-refractivity contribution in [3.8, 4) is 11.5 Å². The molecule has 1 heterocycles. The molecule has 3 rings (SSSR count). The van der Waals surface area contributed by atoms with Crippen molar-refractivity contribution in [3.63, 3.8) is 0 Å². The van der Waals surface area contributed by atoms with E-state index in [1.54, 1.807) is 25.3 Å². The first-order valence-electron chi connectivity index (χ1n) is 10.4. The highest BCUT2D eigenvalue weighted by Crippen LogP contribution is 2.29. The molecule has 0 bridgehead atoms. The number of carbonyl (C=O) groups is 2. The van der Waals surface area contributed by atoms with Gasteiger partial charge in [-0.1, -0.05) is 0 Å². The molecule has 0 radical (unpaired) electrons. The number of nitrogens with two attached hydrogens (primary N) is 1. The van der Waals surface area contributed by atoms with E-state index < -0.39 is 10.0 Å². The molecule has 1 aliphatic heterocycles. The Morgan fingerprint density at radius 3 is 2.15 bits per heavy atom. The third-order valence-electron chi connectivity index (χ3n) is 5.44. The zero-order chi connectivity index (χ0) is 24.0. The fourth-order valence-electron chi connectivity index (χ4n) is 3.64. The Hall–Kier alpha value is -3.15. The van der Waals surface area contributed by atoms with Gasteiger partial charge in [-0.2, -0.15) is 0 Å². The smallest absolute Gasteiger partial charge is 0.238 e. The number of piperidine rings is 1. The minimum atomic E-state index is -3.77. The molecule has 1 saturated heterocycles. The summed E-state index contributed by atoms with van der Waals surface area (Å²) in [6, 6.07) is 10.9. The molecule has 0 aliphatic carbocycles. The van der Waals surface area contributed by atoms with Gasteiger partial charge in [0.25, 0.3) is 0 Å². The summed E-state index contributed by atoms with van der Waals surface area (Å²) in [6.07, 6.45) is 1.23. The van der Waals surface area contributed by atoms with Crippen molar-refractivity contribution in [1.82, 2.24) is 4.90 Å². The zero-order valence-corrected chi connectivity index (χ0v) is 19.4. The Morgan fingerprint density at radius 2 is 1.58 bits per heavy atom. The first-order chi connectivity index (χ1) is 15.7. The Balaban J connectivity index is 1.46. The van der Waals surface area contributed by atoms with Crippen LogP contribution in [0.15, 0.2) is 47.4 Å². The normalized spacial score (nSPS) is 15.0. The van der Waals surface area contributed by atoms with Crippen LogP contribution in [0.2, 0.25) is 0 Å². The van der Waals surface area contributed by atoms with Crippen LogP contribution < -0.4 is 25.2 Å². The number of sulfonamides is 1. The molecule has 33 heavy (non-hydrogen) atoms. The van der Waals surface area contributed by atoms with Gasteiger partial charge in [0.1, 0.15) is 0 Å². The van der Waals surface area contributed by atoms with Crippen LogP contribution in [-0.4, -0.2) is 59.0 Å². The molecule has 1 aliphatic rings. The number of nitrogens with one attached hydrogen (secondary N) is 2. The zero-order valence-electron chi connectivity index (χ0n) is 18.5. The van der Waals surface area contributed by atoms with Crippen molar-refractivity contribution in [2.75, 3.05) is 44.5 Å². The molecular weight excluding hydrogens is 448 g/mol. The van der Waals surface area contributed by atoms with Crippen LogP contribution in [0.4, 0.5) is 11.4 Å². The minimum Gasteiger partial charge on any atom is -0.493 e. The highest BCUT2D eigenvalue weighted by Gasteiger charge is 2.26. The van der Waals surface area contributed by atoms with Gasteiger partial charge < -0.3 is 20.1 Å². The summed E-state index contributed by atoms with van der Waals surface area (Å²) in [5, 5.41) is 10.7. The van der Waals surface area contributed by atoms with Crippen LogP contribution in [-0.2, 0) is 19.6 Å². The van der Waals surface area contributed by atoms with Gasteiger partial charge in [-0.25, -0.2) is 13.6 Å². The molecule has 11 heteroatoms. The van der Waals surface area contributed by atoms with Crippen molar-refractivity contribution < 1.29 is 27.5 Å². The Morgan fingerprint density at radius 1 is 0.970 bits per heavy atom. The van der Waals surface area contributed by atoms with Crippen LogP contribution in [0.5, 0.6) is 11.5 Å². The number of benzene rings is 2. The highest BCUT2D eigenvalue weighted by molar-refractivity contribution is 7.89. The number of methoxy groups -OCH3 is 2. The van der Waals surface area contributed by atoms with Crippen molar-refractivity contribution in [2.24, 2.45) is 11.1 Å². The number of primary sulfonamides is 1. The lowest BCUT2D eigenvalue weighted by Crippen LogP contribution is -2.41. The van der Waals surface area contributed by atoms with Crippen molar-refractivity contribution in [1.29, 1.82) is 0 Å². The third kappa shape index (κ3) is 6.67. The maximum absolute atomic E-state index is 12.6. The van der Waals surface area contributed by atoms with Gasteiger partial charge in [0.15, 0.2) is 11.5 Å². The van der Waals surface area contributed by atoms with E-state index in [-0.39, 0.29) is 29.2 Å². The molecule has 10 nitrogen and oxygen atoms in total. The maximum Gasteiger partial charge on any atom is 0.238 e. The maximum atomic E-state index is 12.6. The van der Waals surface area contributed by atoms with E-state index >= 15 is 0 Å².